The highest BCUT2D eigenvalue weighted by Crippen LogP contribution is 2.11. The predicted molar refractivity (Wildman–Crippen MR) is 84.3 cm³/mol. The first-order valence-corrected chi connectivity index (χ1v) is 7.29. The zero-order valence-electron chi connectivity index (χ0n) is 13.7. The van der Waals surface area contributed by atoms with E-state index in [4.69, 9.17) is 0 Å². The van der Waals surface area contributed by atoms with Gasteiger partial charge in [0, 0.05) is 6.04 Å². The van der Waals surface area contributed by atoms with Crippen molar-refractivity contribution >= 4 is 11.9 Å². The molecule has 2 rings (SSSR count). The number of benzene rings is 1. The second-order valence-corrected chi connectivity index (χ2v) is 5.49. The quantitative estimate of drug-likeness (QED) is 0.783. The van der Waals surface area contributed by atoms with Gasteiger partial charge in [-0.3, -0.25) is 9.59 Å². The highest BCUT2D eigenvalue weighted by atomic mass is 16.5. The molecule has 0 aliphatic rings. The summed E-state index contributed by atoms with van der Waals surface area (Å²) in [5, 5.41) is 7.90. The Bertz CT molecular complexity index is 692. The van der Waals surface area contributed by atoms with Gasteiger partial charge in [0.05, 0.1) is 19.0 Å². The molecule has 0 bridgehead atoms. The lowest BCUT2D eigenvalue weighted by molar-refractivity contribution is -0.141. The van der Waals surface area contributed by atoms with Crippen molar-refractivity contribution in [2.45, 2.75) is 26.8 Å². The molecule has 7 nitrogen and oxygen atoms in total. The SMILES string of the molecule is COC(=O)CN(C(=O)c1cn(-c2ccc(C)cc2)nn1)C(C)C. The third kappa shape index (κ3) is 3.94. The number of ether oxygens (including phenoxy) is 1. The average molecular weight is 316 g/mol. The molecule has 2 aromatic rings. The first kappa shape index (κ1) is 16.7. The van der Waals surface area contributed by atoms with Gasteiger partial charge in [-0.2, -0.15) is 0 Å². The van der Waals surface area contributed by atoms with Gasteiger partial charge in [0.25, 0.3) is 5.91 Å². The van der Waals surface area contributed by atoms with Crippen LogP contribution < -0.4 is 0 Å². The van der Waals surface area contributed by atoms with Crippen LogP contribution in [0.5, 0.6) is 0 Å². The van der Waals surface area contributed by atoms with Crippen molar-refractivity contribution < 1.29 is 14.3 Å². The van der Waals surface area contributed by atoms with E-state index in [0.29, 0.717) is 0 Å². The van der Waals surface area contributed by atoms with Crippen LogP contribution in [0.1, 0.15) is 29.9 Å². The minimum Gasteiger partial charge on any atom is -0.468 e. The summed E-state index contributed by atoms with van der Waals surface area (Å²) in [6.07, 6.45) is 1.56. The normalized spacial score (nSPS) is 10.7. The van der Waals surface area contributed by atoms with Crippen LogP contribution in [-0.4, -0.2) is 51.5 Å². The standard InChI is InChI=1S/C16H20N4O3/c1-11(2)19(10-15(21)23-4)16(22)14-9-20(18-17-14)13-7-5-12(3)6-8-13/h5-9,11H,10H2,1-4H3. The van der Waals surface area contributed by atoms with Crippen LogP contribution in [0.25, 0.3) is 5.69 Å². The van der Waals surface area contributed by atoms with E-state index in [9.17, 15) is 9.59 Å². The summed E-state index contributed by atoms with van der Waals surface area (Å²) in [5.41, 5.74) is 2.13. The molecule has 7 heteroatoms. The number of amides is 1. The molecule has 1 heterocycles. The summed E-state index contributed by atoms with van der Waals surface area (Å²) >= 11 is 0. The zero-order chi connectivity index (χ0) is 17.0. The molecule has 0 N–H and O–H groups in total. The molecule has 23 heavy (non-hydrogen) atoms. The molecule has 1 aromatic carbocycles. The van der Waals surface area contributed by atoms with Gasteiger partial charge in [0.2, 0.25) is 0 Å². The lowest BCUT2D eigenvalue weighted by Crippen LogP contribution is -2.41. The first-order valence-electron chi connectivity index (χ1n) is 7.29. The Kier molecular flexibility index (Phi) is 5.10. The van der Waals surface area contributed by atoms with E-state index in [1.807, 2.05) is 45.0 Å². The van der Waals surface area contributed by atoms with Gasteiger partial charge in [0.1, 0.15) is 6.54 Å². The molecule has 0 aliphatic carbocycles. The molecule has 0 radical (unpaired) electrons. The minimum absolute atomic E-state index is 0.121. The van der Waals surface area contributed by atoms with Crippen molar-refractivity contribution in [2.24, 2.45) is 0 Å². The largest absolute Gasteiger partial charge is 0.468 e. The van der Waals surface area contributed by atoms with Crippen molar-refractivity contribution in [3.05, 3.63) is 41.7 Å². The van der Waals surface area contributed by atoms with Crippen LogP contribution in [0, 0.1) is 6.92 Å². The molecular formula is C16H20N4O3. The van der Waals surface area contributed by atoms with Gasteiger partial charge in [-0.25, -0.2) is 4.68 Å². The van der Waals surface area contributed by atoms with Crippen LogP contribution in [0.15, 0.2) is 30.5 Å². The van der Waals surface area contributed by atoms with Gasteiger partial charge in [-0.1, -0.05) is 22.9 Å². The summed E-state index contributed by atoms with van der Waals surface area (Å²) in [5.74, 6) is -0.832. The van der Waals surface area contributed by atoms with Crippen molar-refractivity contribution in [1.29, 1.82) is 0 Å². The van der Waals surface area contributed by atoms with Gasteiger partial charge in [-0.05, 0) is 32.9 Å². The number of nitrogens with zero attached hydrogens (tertiary/aromatic N) is 4. The number of rotatable bonds is 5. The molecule has 0 unspecified atom stereocenters. The maximum absolute atomic E-state index is 12.5. The summed E-state index contributed by atoms with van der Waals surface area (Å²) in [7, 11) is 1.29. The van der Waals surface area contributed by atoms with Crippen molar-refractivity contribution in [3.63, 3.8) is 0 Å². The maximum atomic E-state index is 12.5. The van der Waals surface area contributed by atoms with Crippen LogP contribution in [0.4, 0.5) is 0 Å². The first-order chi connectivity index (χ1) is 10.9. The molecule has 0 spiro atoms. The van der Waals surface area contributed by atoms with E-state index in [1.54, 1.807) is 6.20 Å². The van der Waals surface area contributed by atoms with E-state index in [1.165, 1.54) is 16.7 Å². The number of carbonyl (C=O) groups excluding carboxylic acids is 2. The van der Waals surface area contributed by atoms with Crippen LogP contribution in [0.2, 0.25) is 0 Å². The summed E-state index contributed by atoms with van der Waals surface area (Å²) in [6, 6.07) is 7.54. The van der Waals surface area contributed by atoms with Crippen LogP contribution in [0.3, 0.4) is 0 Å². The Morgan fingerprint density at radius 2 is 1.91 bits per heavy atom. The van der Waals surface area contributed by atoms with Crippen molar-refractivity contribution in [1.82, 2.24) is 19.9 Å². The molecule has 122 valence electrons. The molecule has 0 aliphatic heterocycles. The smallest absolute Gasteiger partial charge is 0.325 e. The van der Waals surface area contributed by atoms with E-state index in [-0.39, 0.29) is 24.2 Å². The summed E-state index contributed by atoms with van der Waals surface area (Å²) < 4.78 is 6.16. The predicted octanol–water partition coefficient (Wildman–Crippen LogP) is 1.60. The third-order valence-corrected chi connectivity index (χ3v) is 3.42. The fourth-order valence-electron chi connectivity index (χ4n) is 2.03. The summed E-state index contributed by atoms with van der Waals surface area (Å²) in [4.78, 5) is 25.4. The average Bonchev–Trinajstić information content (AvgIpc) is 3.02. The highest BCUT2D eigenvalue weighted by Gasteiger charge is 2.24. The Labute approximate surface area is 134 Å². The number of methoxy groups -OCH3 is 1. The second-order valence-electron chi connectivity index (χ2n) is 5.49. The van der Waals surface area contributed by atoms with Gasteiger partial charge < -0.3 is 9.64 Å². The zero-order valence-corrected chi connectivity index (χ0v) is 13.7. The summed E-state index contributed by atoms with van der Waals surface area (Å²) in [6.45, 7) is 5.52. The lowest BCUT2D eigenvalue weighted by atomic mass is 10.2. The molecule has 1 aromatic heterocycles. The minimum atomic E-state index is -0.474. The number of carbonyl (C=O) groups is 2. The number of hydrogen-bond acceptors (Lipinski definition) is 5. The van der Waals surface area contributed by atoms with E-state index in [2.05, 4.69) is 15.0 Å². The molecule has 0 saturated heterocycles. The number of aromatic nitrogens is 3. The number of esters is 1. The molecule has 0 atom stereocenters. The lowest BCUT2D eigenvalue weighted by Gasteiger charge is -2.24. The Hall–Kier alpha value is -2.70. The molecule has 1 amide bonds. The molecule has 0 saturated carbocycles. The Morgan fingerprint density at radius 1 is 1.26 bits per heavy atom. The van der Waals surface area contributed by atoms with Gasteiger partial charge in [-0.15, -0.1) is 5.10 Å². The second kappa shape index (κ2) is 7.04. The van der Waals surface area contributed by atoms with E-state index < -0.39 is 5.97 Å². The van der Waals surface area contributed by atoms with Gasteiger partial charge >= 0.3 is 5.97 Å². The van der Waals surface area contributed by atoms with Crippen molar-refractivity contribution in [3.8, 4) is 5.69 Å². The van der Waals surface area contributed by atoms with Gasteiger partial charge in [0.15, 0.2) is 5.69 Å². The maximum Gasteiger partial charge on any atom is 0.325 e. The van der Waals surface area contributed by atoms with Crippen LogP contribution >= 0.6 is 0 Å². The Balaban J connectivity index is 2.22. The van der Waals surface area contributed by atoms with E-state index in [0.717, 1.165) is 11.3 Å². The highest BCUT2D eigenvalue weighted by molar-refractivity contribution is 5.94. The van der Waals surface area contributed by atoms with Crippen molar-refractivity contribution in [2.75, 3.05) is 13.7 Å². The number of hydrogen-bond donors (Lipinski definition) is 0. The van der Waals surface area contributed by atoms with E-state index >= 15 is 0 Å². The third-order valence-electron chi connectivity index (χ3n) is 3.42. The Morgan fingerprint density at radius 3 is 2.48 bits per heavy atom. The monoisotopic (exact) mass is 316 g/mol. The van der Waals surface area contributed by atoms with Crippen LogP contribution in [-0.2, 0) is 9.53 Å². The topological polar surface area (TPSA) is 77.3 Å². The fraction of sp³-hybridized carbons (Fsp3) is 0.375. The number of aryl methyl sites for hydroxylation is 1. The molecular weight excluding hydrogens is 296 g/mol. The fourth-order valence-corrected chi connectivity index (χ4v) is 2.03. The molecule has 0 fully saturated rings.